The van der Waals surface area contributed by atoms with Crippen molar-refractivity contribution in [3.05, 3.63) is 22.4 Å². The van der Waals surface area contributed by atoms with Gasteiger partial charge in [-0.2, -0.15) is 0 Å². The summed E-state index contributed by atoms with van der Waals surface area (Å²) in [5.74, 6) is 1.50. The van der Waals surface area contributed by atoms with E-state index in [1.807, 2.05) is 11.3 Å². The summed E-state index contributed by atoms with van der Waals surface area (Å²) in [4.78, 5) is 8.43. The molecule has 0 bridgehead atoms. The second kappa shape index (κ2) is 13.1. The molecule has 1 aromatic rings. The van der Waals surface area contributed by atoms with Crippen LogP contribution in [0.5, 0.6) is 0 Å². The van der Waals surface area contributed by atoms with Gasteiger partial charge in [-0.15, -0.1) is 35.3 Å². The number of thiophene rings is 1. The first kappa shape index (κ1) is 21.7. The van der Waals surface area contributed by atoms with Crippen LogP contribution in [0.3, 0.4) is 0 Å². The normalized spacial score (nSPS) is 12.9. The quantitative estimate of drug-likeness (QED) is 0.354. The number of hydrogen-bond donors (Lipinski definition) is 2. The van der Waals surface area contributed by atoms with Gasteiger partial charge in [0.05, 0.1) is 0 Å². The van der Waals surface area contributed by atoms with Crippen LogP contribution in [-0.2, 0) is 6.42 Å². The van der Waals surface area contributed by atoms with Crippen molar-refractivity contribution in [2.45, 2.75) is 27.2 Å². The molecule has 0 aliphatic carbocycles. The number of hydrogen-bond acceptors (Lipinski definition) is 3. The minimum Gasteiger partial charge on any atom is -0.357 e. The highest BCUT2D eigenvalue weighted by molar-refractivity contribution is 14.0. The molecule has 128 valence electrons. The third-order valence-electron chi connectivity index (χ3n) is 3.36. The molecule has 1 aromatic heterocycles. The van der Waals surface area contributed by atoms with Crippen molar-refractivity contribution >= 4 is 41.3 Å². The van der Waals surface area contributed by atoms with Gasteiger partial charge in [-0.05, 0) is 44.3 Å². The second-order valence-electron chi connectivity index (χ2n) is 5.43. The first-order chi connectivity index (χ1) is 10.2. The van der Waals surface area contributed by atoms with Gasteiger partial charge in [0, 0.05) is 31.1 Å². The van der Waals surface area contributed by atoms with E-state index >= 15 is 0 Å². The van der Waals surface area contributed by atoms with Crippen molar-refractivity contribution in [1.29, 1.82) is 0 Å². The lowest BCUT2D eigenvalue weighted by atomic mass is 10.1. The Morgan fingerprint density at radius 2 is 2.14 bits per heavy atom. The number of guanidine groups is 1. The van der Waals surface area contributed by atoms with Crippen LogP contribution >= 0.6 is 35.3 Å². The summed E-state index contributed by atoms with van der Waals surface area (Å²) in [6.45, 7) is 11.3. The number of likely N-dealkylation sites (N-methyl/N-ethyl adjacent to an activating group) is 1. The molecule has 0 radical (unpaired) electrons. The highest BCUT2D eigenvalue weighted by Crippen LogP contribution is 2.14. The summed E-state index contributed by atoms with van der Waals surface area (Å²) in [7, 11) is 2.13. The predicted octanol–water partition coefficient (Wildman–Crippen LogP) is 3.05. The van der Waals surface area contributed by atoms with Gasteiger partial charge in [-0.25, -0.2) is 0 Å². The zero-order valence-corrected chi connectivity index (χ0v) is 17.4. The summed E-state index contributed by atoms with van der Waals surface area (Å²) in [5.41, 5.74) is 0. The van der Waals surface area contributed by atoms with Crippen LogP contribution in [0.1, 0.15) is 25.6 Å². The zero-order chi connectivity index (χ0) is 15.5. The lowest BCUT2D eigenvalue weighted by Gasteiger charge is -2.17. The van der Waals surface area contributed by atoms with Crippen molar-refractivity contribution in [2.75, 3.05) is 39.8 Å². The predicted molar refractivity (Wildman–Crippen MR) is 110 cm³/mol. The maximum Gasteiger partial charge on any atom is 0.191 e. The van der Waals surface area contributed by atoms with E-state index in [0.717, 1.165) is 45.1 Å². The topological polar surface area (TPSA) is 39.7 Å². The molecular weight excluding hydrogens is 407 g/mol. The Labute approximate surface area is 156 Å². The first-order valence-corrected chi connectivity index (χ1v) is 8.76. The molecule has 4 nitrogen and oxygen atoms in total. The minimum absolute atomic E-state index is 0. The van der Waals surface area contributed by atoms with Crippen LogP contribution < -0.4 is 10.6 Å². The molecular formula is C16H31IN4S. The number of nitrogens with one attached hydrogen (secondary N) is 2. The summed E-state index contributed by atoms with van der Waals surface area (Å²) >= 11 is 1.83. The highest BCUT2D eigenvalue weighted by atomic mass is 127. The average molecular weight is 438 g/mol. The van der Waals surface area contributed by atoms with Crippen molar-refractivity contribution in [1.82, 2.24) is 15.5 Å². The molecule has 0 aromatic carbocycles. The van der Waals surface area contributed by atoms with E-state index in [-0.39, 0.29) is 24.0 Å². The maximum absolute atomic E-state index is 4.70. The van der Waals surface area contributed by atoms with Crippen LogP contribution in [0.2, 0.25) is 0 Å². The van der Waals surface area contributed by atoms with Gasteiger partial charge in [0.25, 0.3) is 0 Å². The van der Waals surface area contributed by atoms with E-state index in [1.165, 1.54) is 4.88 Å². The number of aliphatic imine (C=N–C) groups is 1. The Kier molecular flexibility index (Phi) is 12.9. The van der Waals surface area contributed by atoms with Gasteiger partial charge >= 0.3 is 0 Å². The van der Waals surface area contributed by atoms with Crippen LogP contribution in [0.25, 0.3) is 0 Å². The Morgan fingerprint density at radius 1 is 1.36 bits per heavy atom. The molecule has 1 atom stereocenters. The van der Waals surface area contributed by atoms with E-state index in [1.54, 1.807) is 0 Å². The largest absolute Gasteiger partial charge is 0.357 e. The van der Waals surface area contributed by atoms with E-state index in [4.69, 9.17) is 4.99 Å². The SMILES string of the molecule is CCNC(=NCC(C)Cc1cccs1)NCCN(C)CC.I. The standard InChI is InChI=1S/C16H30N4S.HI/c1-5-17-16(18-9-10-20(4)6-2)19-13-14(3)12-15-8-7-11-21-15;/h7-8,11,14H,5-6,9-10,12-13H2,1-4H3,(H2,17,18,19);1H. The molecule has 1 rings (SSSR count). The Morgan fingerprint density at radius 3 is 2.73 bits per heavy atom. The third-order valence-corrected chi connectivity index (χ3v) is 4.26. The van der Waals surface area contributed by atoms with Crippen LogP contribution in [-0.4, -0.2) is 50.6 Å². The minimum atomic E-state index is 0. The van der Waals surface area contributed by atoms with Gasteiger partial charge < -0.3 is 15.5 Å². The highest BCUT2D eigenvalue weighted by Gasteiger charge is 2.05. The van der Waals surface area contributed by atoms with E-state index < -0.39 is 0 Å². The smallest absolute Gasteiger partial charge is 0.191 e. The fourth-order valence-corrected chi connectivity index (χ4v) is 2.82. The summed E-state index contributed by atoms with van der Waals surface area (Å²) in [6.07, 6.45) is 1.11. The van der Waals surface area contributed by atoms with Gasteiger partial charge in [-0.1, -0.05) is 19.9 Å². The van der Waals surface area contributed by atoms with Crippen molar-refractivity contribution in [3.8, 4) is 0 Å². The molecule has 0 saturated carbocycles. The summed E-state index contributed by atoms with van der Waals surface area (Å²) < 4.78 is 0. The second-order valence-corrected chi connectivity index (χ2v) is 6.46. The molecule has 0 aliphatic rings. The number of halogens is 1. The van der Waals surface area contributed by atoms with Crippen LogP contribution in [0.4, 0.5) is 0 Å². The zero-order valence-electron chi connectivity index (χ0n) is 14.3. The van der Waals surface area contributed by atoms with Gasteiger partial charge in [0.15, 0.2) is 5.96 Å². The van der Waals surface area contributed by atoms with Gasteiger partial charge in [0.2, 0.25) is 0 Å². The molecule has 0 fully saturated rings. The molecule has 0 amide bonds. The van der Waals surface area contributed by atoms with E-state index in [2.05, 4.69) is 60.9 Å². The third kappa shape index (κ3) is 9.63. The van der Waals surface area contributed by atoms with E-state index in [0.29, 0.717) is 5.92 Å². The van der Waals surface area contributed by atoms with Crippen molar-refractivity contribution < 1.29 is 0 Å². The molecule has 2 N–H and O–H groups in total. The van der Waals surface area contributed by atoms with Crippen molar-refractivity contribution in [2.24, 2.45) is 10.9 Å². The summed E-state index contributed by atoms with van der Waals surface area (Å²) in [5, 5.41) is 8.85. The monoisotopic (exact) mass is 438 g/mol. The number of rotatable bonds is 9. The van der Waals surface area contributed by atoms with Crippen LogP contribution in [0.15, 0.2) is 22.5 Å². The van der Waals surface area contributed by atoms with Crippen molar-refractivity contribution in [3.63, 3.8) is 0 Å². The average Bonchev–Trinajstić information content (AvgIpc) is 2.97. The fourth-order valence-electron chi connectivity index (χ4n) is 1.95. The molecule has 0 aliphatic heterocycles. The maximum atomic E-state index is 4.70. The Bertz CT molecular complexity index is 395. The number of nitrogens with zero attached hydrogens (tertiary/aromatic N) is 2. The van der Waals surface area contributed by atoms with Gasteiger partial charge in [-0.3, -0.25) is 4.99 Å². The summed E-state index contributed by atoms with van der Waals surface area (Å²) in [6, 6.07) is 4.32. The molecule has 0 saturated heterocycles. The Balaban J connectivity index is 0.00000441. The Hall–Kier alpha value is -0.340. The lowest BCUT2D eigenvalue weighted by Crippen LogP contribution is -2.41. The molecule has 6 heteroatoms. The molecule has 22 heavy (non-hydrogen) atoms. The molecule has 1 unspecified atom stereocenters. The molecule has 0 spiro atoms. The fraction of sp³-hybridized carbons (Fsp3) is 0.688. The molecule has 1 heterocycles. The van der Waals surface area contributed by atoms with Gasteiger partial charge in [0.1, 0.15) is 0 Å². The van der Waals surface area contributed by atoms with E-state index in [9.17, 15) is 0 Å². The first-order valence-electron chi connectivity index (χ1n) is 7.88. The van der Waals surface area contributed by atoms with Crippen LogP contribution in [0, 0.1) is 5.92 Å². The lowest BCUT2D eigenvalue weighted by molar-refractivity contribution is 0.357.